The molecule has 0 aromatic heterocycles. The maximum Gasteiger partial charge on any atom is 0.126 e. The summed E-state index contributed by atoms with van der Waals surface area (Å²) in [6.45, 7) is 3.06. The lowest BCUT2D eigenvalue weighted by Gasteiger charge is -1.56. The minimum atomic E-state index is 0.167. The van der Waals surface area contributed by atoms with Crippen LogP contribution in [0.5, 0.6) is 0 Å². The van der Waals surface area contributed by atoms with Crippen LogP contribution in [-0.2, 0) is 9.59 Å². The number of carbonyl (C=O) groups is 2. The molecule has 0 bridgehead atoms. The highest BCUT2D eigenvalue weighted by molar-refractivity contribution is 5.72. The second-order valence-electron chi connectivity index (χ2n) is 2.38. The van der Waals surface area contributed by atoms with Gasteiger partial charge in [0, 0.05) is 5.92 Å². The third-order valence-electron chi connectivity index (χ3n) is 0.814. The molecule has 1 saturated carbocycles. The fourth-order valence-electron chi connectivity index (χ4n) is 0.232. The number of carbonyl (C=O) groups excluding carboxylic acids is 2. The van der Waals surface area contributed by atoms with E-state index in [1.807, 2.05) is 0 Å². The van der Waals surface area contributed by atoms with Gasteiger partial charge in [-0.1, -0.05) is 0 Å². The van der Waals surface area contributed by atoms with Crippen LogP contribution in [0.4, 0.5) is 0 Å². The summed E-state index contributed by atoms with van der Waals surface area (Å²) in [6.07, 6.45) is 3.31. The molecule has 0 radical (unpaired) electrons. The van der Waals surface area contributed by atoms with Gasteiger partial charge < -0.3 is 9.59 Å². The van der Waals surface area contributed by atoms with Crippen LogP contribution in [0.15, 0.2) is 0 Å². The SMILES string of the molecule is CC(C)=O.O=CC1CC1. The van der Waals surface area contributed by atoms with Crippen molar-refractivity contribution in [2.45, 2.75) is 26.7 Å². The second-order valence-corrected chi connectivity index (χ2v) is 2.38. The van der Waals surface area contributed by atoms with Crippen molar-refractivity contribution in [3.05, 3.63) is 0 Å². The first kappa shape index (κ1) is 8.34. The van der Waals surface area contributed by atoms with Crippen LogP contribution in [-0.4, -0.2) is 12.1 Å². The molecule has 2 heteroatoms. The minimum absolute atomic E-state index is 0.167. The summed E-state index contributed by atoms with van der Waals surface area (Å²) in [5, 5.41) is 0. The van der Waals surface area contributed by atoms with Crippen molar-refractivity contribution in [2.24, 2.45) is 5.92 Å². The van der Waals surface area contributed by atoms with Gasteiger partial charge in [-0.25, -0.2) is 0 Å². The Morgan fingerprint density at radius 3 is 1.78 bits per heavy atom. The van der Waals surface area contributed by atoms with Crippen LogP contribution < -0.4 is 0 Å². The van der Waals surface area contributed by atoms with Crippen LogP contribution in [0, 0.1) is 5.92 Å². The average molecular weight is 128 g/mol. The summed E-state index contributed by atoms with van der Waals surface area (Å²) >= 11 is 0. The largest absolute Gasteiger partial charge is 0.303 e. The molecule has 0 unspecified atom stereocenters. The van der Waals surface area contributed by atoms with Gasteiger partial charge >= 0.3 is 0 Å². The van der Waals surface area contributed by atoms with Gasteiger partial charge in [0.15, 0.2) is 0 Å². The molecule has 0 heterocycles. The molecule has 0 spiro atoms. The lowest BCUT2D eigenvalue weighted by molar-refractivity contribution is -0.115. The van der Waals surface area contributed by atoms with Crippen LogP contribution in [0.25, 0.3) is 0 Å². The highest BCUT2D eigenvalue weighted by Crippen LogP contribution is 2.25. The van der Waals surface area contributed by atoms with E-state index in [1.165, 1.54) is 13.8 Å². The molecule has 0 saturated heterocycles. The van der Waals surface area contributed by atoms with Crippen LogP contribution in [0.2, 0.25) is 0 Å². The molecule has 1 rings (SSSR count). The Morgan fingerprint density at radius 1 is 1.44 bits per heavy atom. The van der Waals surface area contributed by atoms with Gasteiger partial charge in [0.25, 0.3) is 0 Å². The highest BCUT2D eigenvalue weighted by atomic mass is 16.1. The Balaban J connectivity index is 0.000000148. The molecular weight excluding hydrogens is 116 g/mol. The first-order valence-electron chi connectivity index (χ1n) is 3.09. The standard InChI is InChI=1S/C4H6O.C3H6O/c5-3-4-1-2-4;1-3(2)4/h3-4H,1-2H2;1-2H3. The summed E-state index contributed by atoms with van der Waals surface area (Å²) in [4.78, 5) is 19.0. The molecule has 9 heavy (non-hydrogen) atoms. The van der Waals surface area contributed by atoms with Gasteiger partial charge in [-0.2, -0.15) is 0 Å². The monoisotopic (exact) mass is 128 g/mol. The van der Waals surface area contributed by atoms with Crippen LogP contribution in [0.3, 0.4) is 0 Å². The van der Waals surface area contributed by atoms with Crippen molar-refractivity contribution in [1.82, 2.24) is 0 Å². The van der Waals surface area contributed by atoms with E-state index in [-0.39, 0.29) is 5.78 Å². The number of rotatable bonds is 1. The maximum absolute atomic E-state index is 9.57. The molecule has 52 valence electrons. The van der Waals surface area contributed by atoms with E-state index < -0.39 is 0 Å². The summed E-state index contributed by atoms with van der Waals surface area (Å²) < 4.78 is 0. The summed E-state index contributed by atoms with van der Waals surface area (Å²) in [5.74, 6) is 0.620. The van der Waals surface area contributed by atoms with Gasteiger partial charge in [-0.05, 0) is 26.7 Å². The van der Waals surface area contributed by atoms with E-state index in [1.54, 1.807) is 0 Å². The van der Waals surface area contributed by atoms with E-state index in [4.69, 9.17) is 0 Å². The van der Waals surface area contributed by atoms with E-state index in [9.17, 15) is 9.59 Å². The summed E-state index contributed by atoms with van der Waals surface area (Å²) in [5.41, 5.74) is 0. The molecule has 0 N–H and O–H groups in total. The Labute approximate surface area is 55.3 Å². The van der Waals surface area contributed by atoms with Gasteiger partial charge in [0.05, 0.1) is 0 Å². The normalized spacial score (nSPS) is 15.3. The van der Waals surface area contributed by atoms with Gasteiger partial charge in [0.2, 0.25) is 0 Å². The van der Waals surface area contributed by atoms with Gasteiger partial charge in [0.1, 0.15) is 12.1 Å². The zero-order valence-electron chi connectivity index (χ0n) is 5.89. The molecule has 0 amide bonds. The lowest BCUT2D eigenvalue weighted by atomic mass is 10.5. The van der Waals surface area contributed by atoms with Crippen molar-refractivity contribution >= 4 is 12.1 Å². The Morgan fingerprint density at radius 2 is 1.78 bits per heavy atom. The predicted octanol–water partition coefficient (Wildman–Crippen LogP) is 1.19. The Kier molecular flexibility index (Phi) is 3.93. The quantitative estimate of drug-likeness (QED) is 0.497. The number of hydrogen-bond acceptors (Lipinski definition) is 2. The molecule has 2 nitrogen and oxygen atoms in total. The average Bonchev–Trinajstić information content (AvgIpc) is 2.43. The molecular formula is C7H12O2. The lowest BCUT2D eigenvalue weighted by Crippen LogP contribution is -1.69. The van der Waals surface area contributed by atoms with Gasteiger partial charge in [-0.3, -0.25) is 0 Å². The minimum Gasteiger partial charge on any atom is -0.303 e. The van der Waals surface area contributed by atoms with E-state index in [0.717, 1.165) is 19.1 Å². The smallest absolute Gasteiger partial charge is 0.126 e. The molecule has 0 aromatic rings. The van der Waals surface area contributed by atoms with Crippen LogP contribution >= 0.6 is 0 Å². The summed E-state index contributed by atoms with van der Waals surface area (Å²) in [7, 11) is 0. The third-order valence-corrected chi connectivity index (χ3v) is 0.814. The fourth-order valence-corrected chi connectivity index (χ4v) is 0.232. The molecule has 1 aliphatic rings. The zero-order chi connectivity index (χ0) is 7.28. The topological polar surface area (TPSA) is 34.1 Å². The molecule has 0 atom stereocenters. The third kappa shape index (κ3) is 11.1. The summed E-state index contributed by atoms with van der Waals surface area (Å²) in [6, 6.07) is 0. The van der Waals surface area contributed by atoms with E-state index in [0.29, 0.717) is 5.92 Å². The van der Waals surface area contributed by atoms with Gasteiger partial charge in [-0.15, -0.1) is 0 Å². The van der Waals surface area contributed by atoms with Crippen molar-refractivity contribution in [3.63, 3.8) is 0 Å². The van der Waals surface area contributed by atoms with Crippen molar-refractivity contribution in [1.29, 1.82) is 0 Å². The highest BCUT2D eigenvalue weighted by Gasteiger charge is 2.18. The predicted molar refractivity (Wildman–Crippen MR) is 35.1 cm³/mol. The molecule has 0 aromatic carbocycles. The fraction of sp³-hybridized carbons (Fsp3) is 0.714. The first-order valence-corrected chi connectivity index (χ1v) is 3.09. The van der Waals surface area contributed by atoms with E-state index in [2.05, 4.69) is 0 Å². The second kappa shape index (κ2) is 4.24. The molecule has 1 fully saturated rings. The number of ketones is 1. The number of Topliss-reactive ketones (excluding diaryl/α,β-unsaturated/α-hetero) is 1. The first-order chi connectivity index (χ1) is 4.16. The number of aldehydes is 1. The Bertz CT molecular complexity index is 99.5. The van der Waals surface area contributed by atoms with Crippen molar-refractivity contribution < 1.29 is 9.59 Å². The van der Waals surface area contributed by atoms with Crippen molar-refractivity contribution in [2.75, 3.05) is 0 Å². The van der Waals surface area contributed by atoms with Crippen LogP contribution in [0.1, 0.15) is 26.7 Å². The molecule has 1 aliphatic carbocycles. The molecule has 0 aliphatic heterocycles. The Hall–Kier alpha value is -0.660. The van der Waals surface area contributed by atoms with E-state index >= 15 is 0 Å². The zero-order valence-corrected chi connectivity index (χ0v) is 5.89. The van der Waals surface area contributed by atoms with Crippen molar-refractivity contribution in [3.8, 4) is 0 Å². The number of hydrogen-bond donors (Lipinski definition) is 0. The maximum atomic E-state index is 9.57.